The van der Waals surface area contributed by atoms with Crippen LogP contribution in [0.15, 0.2) is 36.9 Å². The predicted octanol–water partition coefficient (Wildman–Crippen LogP) is 2.91. The second-order valence-corrected chi connectivity index (χ2v) is 2.49. The van der Waals surface area contributed by atoms with Crippen LogP contribution in [0.5, 0.6) is 0 Å². The molecule has 0 spiro atoms. The molecule has 0 saturated carbocycles. The molecule has 0 aliphatic rings. The van der Waals surface area contributed by atoms with E-state index in [0.717, 1.165) is 17.0 Å². The molecule has 0 radical (unpaired) electrons. The Hall–Kier alpha value is 0.0162. The van der Waals surface area contributed by atoms with Gasteiger partial charge in [0.1, 0.15) is 0 Å². The zero-order valence-electron chi connectivity index (χ0n) is 8.39. The van der Waals surface area contributed by atoms with E-state index in [4.69, 9.17) is 11.6 Å². The normalized spacial score (nSPS) is 8.45. The molecule has 0 heterocycles. The number of hydrogen-bond donors (Lipinski definition) is 0. The standard InChI is InChI=1S/C9H9Cl.Mg.2H/c1-2-5-8-6-3-4-7-9(8)10;;;/h2-4,6-7H,1,5H2;;;/q;+2;2*-1. The fraction of sp³-hybridized carbons (Fsp3) is 0.111. The van der Waals surface area contributed by atoms with E-state index in [-0.39, 0.29) is 25.9 Å². The fourth-order valence-corrected chi connectivity index (χ4v) is 1.03. The maximum absolute atomic E-state index is 5.86. The fourth-order valence-electron chi connectivity index (χ4n) is 0.819. The molecule has 1 rings (SSSR count). The van der Waals surface area contributed by atoms with Crippen LogP contribution in [0.25, 0.3) is 0 Å². The monoisotopic (exact) mass is 178 g/mol. The molecule has 0 atom stereocenters. The van der Waals surface area contributed by atoms with Crippen molar-refractivity contribution in [1.29, 1.82) is 0 Å². The summed E-state index contributed by atoms with van der Waals surface area (Å²) < 4.78 is 0. The smallest absolute Gasteiger partial charge is 1.00 e. The van der Waals surface area contributed by atoms with Gasteiger partial charge in [-0.3, -0.25) is 0 Å². The topological polar surface area (TPSA) is 0 Å². The SMILES string of the molecule is C=CCc1ccccc1Cl.[H-].[H-].[Mg+2]. The third kappa shape index (κ3) is 3.28. The van der Waals surface area contributed by atoms with Crippen molar-refractivity contribution in [3.8, 4) is 0 Å². The molecule has 1 aromatic carbocycles. The van der Waals surface area contributed by atoms with Crippen LogP contribution in [-0.2, 0) is 6.42 Å². The summed E-state index contributed by atoms with van der Waals surface area (Å²) in [5.41, 5.74) is 1.14. The van der Waals surface area contributed by atoms with E-state index in [9.17, 15) is 0 Å². The molecule has 0 unspecified atom stereocenters. The number of benzene rings is 1. The molecule has 2 heteroatoms. The Bertz CT molecular complexity index is 241. The van der Waals surface area contributed by atoms with Gasteiger partial charge >= 0.3 is 23.1 Å². The molecule has 56 valence electrons. The van der Waals surface area contributed by atoms with Gasteiger partial charge in [-0.2, -0.15) is 0 Å². The summed E-state index contributed by atoms with van der Waals surface area (Å²) in [6.45, 7) is 3.64. The summed E-state index contributed by atoms with van der Waals surface area (Å²) in [6.07, 6.45) is 2.70. The van der Waals surface area contributed by atoms with Gasteiger partial charge in [0.25, 0.3) is 0 Å². The minimum Gasteiger partial charge on any atom is -1.00 e. The molecule has 0 fully saturated rings. The first-order chi connectivity index (χ1) is 4.84. The first kappa shape index (κ1) is 11.0. The summed E-state index contributed by atoms with van der Waals surface area (Å²) >= 11 is 5.86. The molecule has 1 aromatic rings. The van der Waals surface area contributed by atoms with E-state index in [1.165, 1.54) is 0 Å². The third-order valence-corrected chi connectivity index (χ3v) is 1.69. The van der Waals surface area contributed by atoms with E-state index in [1.807, 2.05) is 30.3 Å². The third-order valence-electron chi connectivity index (χ3n) is 1.32. The molecule has 0 saturated heterocycles. The van der Waals surface area contributed by atoms with Crippen molar-refractivity contribution in [1.82, 2.24) is 0 Å². The van der Waals surface area contributed by atoms with Gasteiger partial charge in [-0.05, 0) is 18.1 Å². The first-order valence-electron chi connectivity index (χ1n) is 3.19. The Morgan fingerprint density at radius 3 is 2.64 bits per heavy atom. The van der Waals surface area contributed by atoms with Gasteiger partial charge in [-0.15, -0.1) is 6.58 Å². The van der Waals surface area contributed by atoms with Crippen LogP contribution in [0.1, 0.15) is 8.42 Å². The Morgan fingerprint density at radius 2 is 2.09 bits per heavy atom. The quantitative estimate of drug-likeness (QED) is 0.483. The largest absolute Gasteiger partial charge is 2.00 e. The number of hydrogen-bond acceptors (Lipinski definition) is 0. The van der Waals surface area contributed by atoms with E-state index in [0.29, 0.717) is 0 Å². The van der Waals surface area contributed by atoms with Crippen molar-refractivity contribution in [2.24, 2.45) is 0 Å². The molecular formula is C9H11ClMg. The Morgan fingerprint density at radius 1 is 1.45 bits per heavy atom. The Labute approximate surface area is 91.4 Å². The van der Waals surface area contributed by atoms with Gasteiger partial charge in [-0.1, -0.05) is 35.9 Å². The Kier molecular flexibility index (Phi) is 5.65. The van der Waals surface area contributed by atoms with Gasteiger partial charge in [0, 0.05) is 5.02 Å². The van der Waals surface area contributed by atoms with E-state index in [1.54, 1.807) is 0 Å². The van der Waals surface area contributed by atoms with Crippen LogP contribution in [0.4, 0.5) is 0 Å². The zero-order chi connectivity index (χ0) is 7.40. The molecule has 0 bridgehead atoms. The molecular weight excluding hydrogens is 168 g/mol. The minimum atomic E-state index is 0. The Balaban J connectivity index is -0.000000333. The second kappa shape index (κ2) is 5.64. The van der Waals surface area contributed by atoms with E-state index in [2.05, 4.69) is 6.58 Å². The molecule has 0 N–H and O–H groups in total. The van der Waals surface area contributed by atoms with E-state index < -0.39 is 0 Å². The van der Waals surface area contributed by atoms with Crippen molar-refractivity contribution in [2.75, 3.05) is 0 Å². The zero-order valence-corrected chi connectivity index (χ0v) is 8.56. The van der Waals surface area contributed by atoms with Crippen LogP contribution in [0.2, 0.25) is 5.02 Å². The van der Waals surface area contributed by atoms with Gasteiger partial charge in [0.2, 0.25) is 0 Å². The van der Waals surface area contributed by atoms with Crippen molar-refractivity contribution < 1.29 is 2.85 Å². The summed E-state index contributed by atoms with van der Waals surface area (Å²) in [5, 5.41) is 0.822. The summed E-state index contributed by atoms with van der Waals surface area (Å²) in [4.78, 5) is 0. The van der Waals surface area contributed by atoms with Crippen LogP contribution < -0.4 is 0 Å². The summed E-state index contributed by atoms with van der Waals surface area (Å²) in [7, 11) is 0. The van der Waals surface area contributed by atoms with Crippen LogP contribution >= 0.6 is 11.6 Å². The van der Waals surface area contributed by atoms with Gasteiger partial charge in [0.05, 0.1) is 0 Å². The average molecular weight is 179 g/mol. The van der Waals surface area contributed by atoms with Gasteiger partial charge < -0.3 is 2.85 Å². The molecule has 0 aliphatic heterocycles. The molecule has 0 nitrogen and oxygen atoms in total. The van der Waals surface area contributed by atoms with Crippen molar-refractivity contribution in [2.45, 2.75) is 6.42 Å². The molecule has 0 amide bonds. The van der Waals surface area contributed by atoms with E-state index >= 15 is 0 Å². The molecule has 11 heavy (non-hydrogen) atoms. The van der Waals surface area contributed by atoms with Crippen LogP contribution in [0.3, 0.4) is 0 Å². The summed E-state index contributed by atoms with van der Waals surface area (Å²) in [6, 6.07) is 7.80. The maximum atomic E-state index is 5.86. The van der Waals surface area contributed by atoms with Crippen LogP contribution in [-0.4, -0.2) is 23.1 Å². The van der Waals surface area contributed by atoms with Gasteiger partial charge in [0.15, 0.2) is 0 Å². The molecule has 0 aromatic heterocycles. The molecule has 0 aliphatic carbocycles. The number of allylic oxidation sites excluding steroid dienone is 1. The van der Waals surface area contributed by atoms with Gasteiger partial charge in [-0.25, -0.2) is 0 Å². The first-order valence-corrected chi connectivity index (χ1v) is 3.56. The average Bonchev–Trinajstić information content (AvgIpc) is 1.94. The van der Waals surface area contributed by atoms with Crippen molar-refractivity contribution >= 4 is 34.7 Å². The second-order valence-electron chi connectivity index (χ2n) is 2.08. The number of rotatable bonds is 2. The maximum Gasteiger partial charge on any atom is 2.00 e. The van der Waals surface area contributed by atoms with Crippen LogP contribution in [0, 0.1) is 0 Å². The van der Waals surface area contributed by atoms with Crippen molar-refractivity contribution in [3.05, 3.63) is 47.5 Å². The predicted molar refractivity (Wildman–Crippen MR) is 53.3 cm³/mol. The summed E-state index contributed by atoms with van der Waals surface area (Å²) in [5.74, 6) is 0. The number of halogens is 1. The van der Waals surface area contributed by atoms with Crippen molar-refractivity contribution in [3.63, 3.8) is 0 Å². The minimum absolute atomic E-state index is 0.